The third kappa shape index (κ3) is 3.04. The number of hydrogen-bond donors (Lipinski definition) is 1. The second-order valence-electron chi connectivity index (χ2n) is 7.85. The first-order chi connectivity index (χ1) is 14.6. The van der Waals surface area contributed by atoms with Crippen molar-refractivity contribution in [2.24, 2.45) is 5.92 Å². The Morgan fingerprint density at radius 2 is 1.77 bits per heavy atom. The van der Waals surface area contributed by atoms with Crippen molar-refractivity contribution in [3.8, 4) is 5.95 Å². The highest BCUT2D eigenvalue weighted by Gasteiger charge is 2.24. The lowest BCUT2D eigenvalue weighted by atomic mass is 9.85. The number of fused-ring (bicyclic) bond motifs is 2. The lowest BCUT2D eigenvalue weighted by molar-refractivity contribution is 0.253. The number of rotatable bonds is 3. The summed E-state index contributed by atoms with van der Waals surface area (Å²) in [5, 5.41) is 8.26. The Hall–Kier alpha value is -2.94. The fourth-order valence-electron chi connectivity index (χ4n) is 4.41. The molecule has 0 aliphatic heterocycles. The normalized spacial score (nSPS) is 19.5. The van der Waals surface area contributed by atoms with E-state index in [-0.39, 0.29) is 17.2 Å². The van der Waals surface area contributed by atoms with Crippen molar-refractivity contribution in [2.45, 2.75) is 43.8 Å². The summed E-state index contributed by atoms with van der Waals surface area (Å²) in [6.45, 7) is 2.21. The van der Waals surface area contributed by atoms with Crippen molar-refractivity contribution < 1.29 is 0 Å². The van der Waals surface area contributed by atoms with Gasteiger partial charge in [-0.1, -0.05) is 31.5 Å². The molecule has 1 fully saturated rings. The molecule has 154 valence electrons. The van der Waals surface area contributed by atoms with E-state index < -0.39 is 0 Å². The second-order valence-corrected chi connectivity index (χ2v) is 8.62. The van der Waals surface area contributed by atoms with Gasteiger partial charge in [0.2, 0.25) is 11.1 Å². The van der Waals surface area contributed by atoms with Gasteiger partial charge >= 0.3 is 0 Å². The average molecular weight is 423 g/mol. The monoisotopic (exact) mass is 422 g/mol. The molecule has 4 aromatic heterocycles. The molecule has 0 unspecified atom stereocenters. The highest BCUT2D eigenvalue weighted by atomic mass is 32.2. The summed E-state index contributed by atoms with van der Waals surface area (Å²) in [4.78, 5) is 35.3. The molecule has 1 N–H and O–H groups in total. The Labute approximate surface area is 176 Å². The Balaban J connectivity index is 1.69. The fourth-order valence-corrected chi connectivity index (χ4v) is 4.73. The zero-order valence-corrected chi connectivity index (χ0v) is 17.6. The molecule has 0 saturated heterocycles. The zero-order chi connectivity index (χ0) is 20.8. The molecular weight excluding hydrogens is 400 g/mol. The van der Waals surface area contributed by atoms with E-state index in [0.717, 1.165) is 19.3 Å². The third-order valence-corrected chi connectivity index (χ3v) is 6.61. The summed E-state index contributed by atoms with van der Waals surface area (Å²) in [5.74, 6) is 0.796. The van der Waals surface area contributed by atoms with Gasteiger partial charge in [0.15, 0.2) is 0 Å². The molecule has 0 aromatic carbocycles. The summed E-state index contributed by atoms with van der Waals surface area (Å²) < 4.78 is 3.23. The molecule has 4 heterocycles. The third-order valence-electron chi connectivity index (χ3n) is 6.06. The van der Waals surface area contributed by atoms with E-state index in [4.69, 9.17) is 0 Å². The van der Waals surface area contributed by atoms with Gasteiger partial charge in [0, 0.05) is 18.4 Å². The van der Waals surface area contributed by atoms with Gasteiger partial charge in [-0.3, -0.25) is 14.2 Å². The summed E-state index contributed by atoms with van der Waals surface area (Å²) in [6, 6.07) is 5.50. The number of aromatic nitrogens is 6. The molecule has 0 amide bonds. The largest absolute Gasteiger partial charge is 0.312 e. The van der Waals surface area contributed by atoms with Gasteiger partial charge in [-0.05, 0) is 43.2 Å². The molecule has 0 radical (unpaired) electrons. The number of hydrogen-bond acceptors (Lipinski definition) is 6. The molecular formula is C21H22N6O2S. The minimum Gasteiger partial charge on any atom is -0.312 e. The van der Waals surface area contributed by atoms with Crippen molar-refractivity contribution in [3.63, 3.8) is 0 Å². The van der Waals surface area contributed by atoms with Gasteiger partial charge in [0.1, 0.15) is 0 Å². The lowest BCUT2D eigenvalue weighted by Crippen LogP contribution is -2.30. The van der Waals surface area contributed by atoms with Gasteiger partial charge in [-0.25, -0.2) is 10.1 Å². The maximum Gasteiger partial charge on any atom is 0.266 e. The molecule has 8 nitrogen and oxygen atoms in total. The number of nitrogens with one attached hydrogen (secondary N) is 1. The predicted molar refractivity (Wildman–Crippen MR) is 117 cm³/mol. The number of H-pyrrole nitrogens is 1. The number of pyridine rings is 3. The van der Waals surface area contributed by atoms with E-state index in [0.29, 0.717) is 38.8 Å². The zero-order valence-electron chi connectivity index (χ0n) is 16.8. The van der Waals surface area contributed by atoms with Crippen molar-refractivity contribution in [1.82, 2.24) is 29.3 Å². The van der Waals surface area contributed by atoms with E-state index >= 15 is 0 Å². The van der Waals surface area contributed by atoms with Crippen LogP contribution in [0.1, 0.15) is 38.6 Å². The maximum absolute atomic E-state index is 13.3. The lowest BCUT2D eigenvalue weighted by Gasteiger charge is -2.30. The van der Waals surface area contributed by atoms with Gasteiger partial charge in [0.05, 0.1) is 21.8 Å². The smallest absolute Gasteiger partial charge is 0.266 e. The van der Waals surface area contributed by atoms with Crippen LogP contribution in [0.2, 0.25) is 0 Å². The SMILES string of the molecule is CSc1n[nH]c(-n2ccc3nc4ccn([C@H]5CCCC[C@@H]5C)c(=O)c4cc3c2=O)n1. The molecule has 5 rings (SSSR count). The predicted octanol–water partition coefficient (Wildman–Crippen LogP) is 3.29. The van der Waals surface area contributed by atoms with Crippen molar-refractivity contribution >= 4 is 33.6 Å². The fraction of sp³-hybridized carbons (Fsp3) is 0.381. The van der Waals surface area contributed by atoms with Gasteiger partial charge < -0.3 is 4.57 Å². The van der Waals surface area contributed by atoms with E-state index in [1.54, 1.807) is 18.3 Å². The number of aromatic amines is 1. The van der Waals surface area contributed by atoms with Crippen LogP contribution in [0.5, 0.6) is 0 Å². The van der Waals surface area contributed by atoms with Crippen LogP contribution in [0.3, 0.4) is 0 Å². The van der Waals surface area contributed by atoms with E-state index in [9.17, 15) is 9.59 Å². The van der Waals surface area contributed by atoms with Crippen LogP contribution in [0.15, 0.2) is 45.3 Å². The Morgan fingerprint density at radius 1 is 1.03 bits per heavy atom. The molecule has 2 atom stereocenters. The second kappa shape index (κ2) is 7.39. The van der Waals surface area contributed by atoms with Crippen LogP contribution < -0.4 is 11.1 Å². The Kier molecular flexibility index (Phi) is 4.69. The van der Waals surface area contributed by atoms with Gasteiger partial charge in [-0.2, -0.15) is 4.98 Å². The first kappa shape index (κ1) is 19.0. The van der Waals surface area contributed by atoms with Crippen molar-refractivity contribution in [1.29, 1.82) is 0 Å². The van der Waals surface area contributed by atoms with Crippen molar-refractivity contribution in [3.05, 3.63) is 51.3 Å². The topological polar surface area (TPSA) is 98.5 Å². The van der Waals surface area contributed by atoms with Crippen molar-refractivity contribution in [2.75, 3.05) is 6.26 Å². The van der Waals surface area contributed by atoms with Crippen LogP contribution in [0.25, 0.3) is 27.8 Å². The minimum atomic E-state index is -0.286. The molecule has 0 bridgehead atoms. The van der Waals surface area contributed by atoms with E-state index in [1.807, 2.05) is 23.1 Å². The molecule has 0 spiro atoms. The summed E-state index contributed by atoms with van der Waals surface area (Å²) in [5.41, 5.74) is 0.788. The highest BCUT2D eigenvalue weighted by molar-refractivity contribution is 7.98. The van der Waals surface area contributed by atoms with Gasteiger partial charge in [-0.15, -0.1) is 5.10 Å². The number of thioether (sulfide) groups is 1. The molecule has 9 heteroatoms. The average Bonchev–Trinajstić information content (AvgIpc) is 3.23. The standard InChI is InChI=1S/C21H22N6O2S/c1-12-5-3-4-6-17(12)26-9-7-15-13(18(26)28)11-14-16(22-15)8-10-27(19(14)29)20-23-21(30-2)25-24-20/h7-12,17H,3-6H2,1-2H3,(H,23,24,25)/t12-,17-/m0/s1. The molecule has 1 aliphatic carbocycles. The summed E-state index contributed by atoms with van der Waals surface area (Å²) >= 11 is 1.39. The van der Waals surface area contributed by atoms with E-state index in [2.05, 4.69) is 27.1 Å². The first-order valence-electron chi connectivity index (χ1n) is 10.1. The van der Waals surface area contributed by atoms with E-state index in [1.165, 1.54) is 22.7 Å². The molecule has 4 aromatic rings. The van der Waals surface area contributed by atoms with Crippen LogP contribution in [-0.2, 0) is 0 Å². The number of nitrogens with zero attached hydrogens (tertiary/aromatic N) is 5. The van der Waals surface area contributed by atoms with Crippen LogP contribution >= 0.6 is 11.8 Å². The quantitative estimate of drug-likeness (QED) is 0.402. The Morgan fingerprint density at radius 3 is 2.50 bits per heavy atom. The highest BCUT2D eigenvalue weighted by Crippen LogP contribution is 2.32. The van der Waals surface area contributed by atoms with Crippen LogP contribution in [-0.4, -0.2) is 35.6 Å². The van der Waals surface area contributed by atoms with Gasteiger partial charge in [0.25, 0.3) is 11.1 Å². The van der Waals surface area contributed by atoms with Crippen LogP contribution in [0, 0.1) is 5.92 Å². The minimum absolute atomic E-state index is 0.0835. The summed E-state index contributed by atoms with van der Waals surface area (Å²) in [7, 11) is 0. The Bertz CT molecular complexity index is 1370. The molecule has 1 aliphatic rings. The maximum atomic E-state index is 13.3. The van der Waals surface area contributed by atoms with Crippen LogP contribution in [0.4, 0.5) is 0 Å². The molecule has 1 saturated carbocycles. The summed E-state index contributed by atoms with van der Waals surface area (Å²) in [6.07, 6.45) is 9.83. The molecule has 30 heavy (non-hydrogen) atoms. The first-order valence-corrected chi connectivity index (χ1v) is 11.3.